The van der Waals surface area contributed by atoms with Crippen molar-refractivity contribution in [3.05, 3.63) is 65.6 Å². The molecule has 0 spiro atoms. The maximum absolute atomic E-state index is 13.4. The van der Waals surface area contributed by atoms with Crippen LogP contribution in [0.1, 0.15) is 53.8 Å². The number of para-hydroxylation sites is 1. The number of aryl methyl sites for hydroxylation is 2. The summed E-state index contributed by atoms with van der Waals surface area (Å²) in [5, 5.41) is 1.14. The van der Waals surface area contributed by atoms with Gasteiger partial charge in [-0.25, -0.2) is 0 Å². The predicted octanol–water partition coefficient (Wildman–Crippen LogP) is 4.89. The highest BCUT2D eigenvalue weighted by Gasteiger charge is 2.26. The summed E-state index contributed by atoms with van der Waals surface area (Å²) in [7, 11) is 3.88. The van der Waals surface area contributed by atoms with E-state index in [2.05, 4.69) is 30.1 Å². The molecule has 2 aromatic heterocycles. The SMILES string of the molecule is CCCCC(c1cccnc1)N(C)C(=O)c1c(C)c2ccccc2n1C. The molecule has 4 heteroatoms. The molecule has 4 nitrogen and oxygen atoms in total. The second-order valence-electron chi connectivity index (χ2n) is 6.91. The van der Waals surface area contributed by atoms with Gasteiger partial charge >= 0.3 is 0 Å². The third kappa shape index (κ3) is 3.24. The topological polar surface area (TPSA) is 38.1 Å². The van der Waals surface area contributed by atoms with Gasteiger partial charge in [0.25, 0.3) is 5.91 Å². The fourth-order valence-electron chi connectivity index (χ4n) is 3.75. The molecule has 0 saturated heterocycles. The smallest absolute Gasteiger partial charge is 0.271 e. The van der Waals surface area contributed by atoms with E-state index in [9.17, 15) is 4.79 Å². The molecule has 0 fully saturated rings. The number of pyridine rings is 1. The van der Waals surface area contributed by atoms with E-state index in [1.54, 1.807) is 6.20 Å². The molecule has 26 heavy (non-hydrogen) atoms. The third-order valence-corrected chi connectivity index (χ3v) is 5.25. The van der Waals surface area contributed by atoms with Gasteiger partial charge in [0.05, 0.1) is 6.04 Å². The highest BCUT2D eigenvalue weighted by Crippen LogP contribution is 2.30. The molecule has 0 radical (unpaired) electrons. The molecule has 0 aliphatic carbocycles. The molecule has 0 aliphatic rings. The standard InChI is InChI=1S/C22H27N3O/c1-5-6-12-19(17-10-9-14-23-15-17)25(4)22(26)21-16(2)18-11-7-8-13-20(18)24(21)3/h7-11,13-15,19H,5-6,12H2,1-4H3. The van der Waals surface area contributed by atoms with Gasteiger partial charge in [-0.3, -0.25) is 9.78 Å². The van der Waals surface area contributed by atoms with Gasteiger partial charge in [0.2, 0.25) is 0 Å². The Kier molecular flexibility index (Phi) is 5.40. The summed E-state index contributed by atoms with van der Waals surface area (Å²) in [5.41, 5.74) is 3.99. The lowest BCUT2D eigenvalue weighted by molar-refractivity contribution is 0.0710. The molecular formula is C22H27N3O. The van der Waals surface area contributed by atoms with Crippen LogP contribution in [0.5, 0.6) is 0 Å². The number of fused-ring (bicyclic) bond motifs is 1. The van der Waals surface area contributed by atoms with Crippen molar-refractivity contribution in [3.63, 3.8) is 0 Å². The van der Waals surface area contributed by atoms with Crippen molar-refractivity contribution in [2.45, 2.75) is 39.2 Å². The van der Waals surface area contributed by atoms with Gasteiger partial charge < -0.3 is 9.47 Å². The summed E-state index contributed by atoms with van der Waals surface area (Å²) in [6, 6.07) is 12.2. The Morgan fingerprint density at radius 1 is 1.23 bits per heavy atom. The number of unbranched alkanes of at least 4 members (excludes halogenated alkanes) is 1. The lowest BCUT2D eigenvalue weighted by atomic mass is 10.0. The highest BCUT2D eigenvalue weighted by atomic mass is 16.2. The van der Waals surface area contributed by atoms with E-state index in [1.807, 2.05) is 54.9 Å². The van der Waals surface area contributed by atoms with E-state index in [4.69, 9.17) is 0 Å². The number of carbonyl (C=O) groups excluding carboxylic acids is 1. The molecule has 3 rings (SSSR count). The summed E-state index contributed by atoms with van der Waals surface area (Å²) >= 11 is 0. The first-order valence-corrected chi connectivity index (χ1v) is 9.27. The van der Waals surface area contributed by atoms with Crippen molar-refractivity contribution in [1.82, 2.24) is 14.5 Å². The van der Waals surface area contributed by atoms with Crippen LogP contribution in [0, 0.1) is 6.92 Å². The molecule has 3 aromatic rings. The average Bonchev–Trinajstić information content (AvgIpc) is 2.93. The summed E-state index contributed by atoms with van der Waals surface area (Å²) in [6.07, 6.45) is 6.76. The number of amides is 1. The fraction of sp³-hybridized carbons (Fsp3) is 0.364. The number of nitrogens with zero attached hydrogens (tertiary/aromatic N) is 3. The van der Waals surface area contributed by atoms with Crippen LogP contribution < -0.4 is 0 Å². The van der Waals surface area contributed by atoms with Crippen LogP contribution in [0.25, 0.3) is 10.9 Å². The molecule has 0 bridgehead atoms. The Labute approximate surface area is 155 Å². The normalized spacial score (nSPS) is 12.3. The van der Waals surface area contributed by atoms with E-state index in [0.29, 0.717) is 0 Å². The number of aromatic nitrogens is 2. The maximum Gasteiger partial charge on any atom is 0.271 e. The van der Waals surface area contributed by atoms with E-state index in [-0.39, 0.29) is 11.9 Å². The fourth-order valence-corrected chi connectivity index (χ4v) is 3.75. The molecule has 1 aromatic carbocycles. The van der Waals surface area contributed by atoms with Gasteiger partial charge in [-0.15, -0.1) is 0 Å². The first kappa shape index (κ1) is 18.2. The lowest BCUT2D eigenvalue weighted by Crippen LogP contribution is -2.33. The molecule has 0 saturated carbocycles. The average molecular weight is 349 g/mol. The third-order valence-electron chi connectivity index (χ3n) is 5.25. The monoisotopic (exact) mass is 349 g/mol. The zero-order chi connectivity index (χ0) is 18.7. The number of hydrogen-bond donors (Lipinski definition) is 0. The quantitative estimate of drug-likeness (QED) is 0.636. The van der Waals surface area contributed by atoms with Crippen molar-refractivity contribution in [3.8, 4) is 0 Å². The molecular weight excluding hydrogens is 322 g/mol. The Morgan fingerprint density at radius 3 is 2.65 bits per heavy atom. The molecule has 1 atom stereocenters. The Hall–Kier alpha value is -2.62. The number of carbonyl (C=O) groups is 1. The summed E-state index contributed by atoms with van der Waals surface area (Å²) in [6.45, 7) is 4.21. The van der Waals surface area contributed by atoms with Crippen LogP contribution >= 0.6 is 0 Å². The molecule has 1 unspecified atom stereocenters. The predicted molar refractivity (Wildman–Crippen MR) is 106 cm³/mol. The van der Waals surface area contributed by atoms with E-state index < -0.39 is 0 Å². The van der Waals surface area contributed by atoms with Gasteiger partial charge in [0.1, 0.15) is 5.69 Å². The highest BCUT2D eigenvalue weighted by molar-refractivity contribution is 6.01. The minimum Gasteiger partial charge on any atom is -0.339 e. The van der Waals surface area contributed by atoms with Crippen LogP contribution in [0.15, 0.2) is 48.8 Å². The number of benzene rings is 1. The molecule has 136 valence electrons. The number of rotatable bonds is 6. The van der Waals surface area contributed by atoms with Gasteiger partial charge in [-0.1, -0.05) is 44.0 Å². The minimum atomic E-state index is 0.0357. The first-order valence-electron chi connectivity index (χ1n) is 9.27. The van der Waals surface area contributed by atoms with Crippen LogP contribution in [0.3, 0.4) is 0 Å². The van der Waals surface area contributed by atoms with E-state index >= 15 is 0 Å². The first-order chi connectivity index (χ1) is 12.6. The Balaban J connectivity index is 2.00. The Morgan fingerprint density at radius 2 is 2.00 bits per heavy atom. The van der Waals surface area contributed by atoms with Gasteiger partial charge in [0, 0.05) is 37.4 Å². The van der Waals surface area contributed by atoms with Crippen LogP contribution in [0.2, 0.25) is 0 Å². The zero-order valence-corrected chi connectivity index (χ0v) is 16.1. The second-order valence-corrected chi connectivity index (χ2v) is 6.91. The zero-order valence-electron chi connectivity index (χ0n) is 16.1. The van der Waals surface area contributed by atoms with Crippen molar-refractivity contribution >= 4 is 16.8 Å². The lowest BCUT2D eigenvalue weighted by Gasteiger charge is -2.29. The Bertz CT molecular complexity index is 859. The van der Waals surface area contributed by atoms with Crippen molar-refractivity contribution in [2.24, 2.45) is 7.05 Å². The van der Waals surface area contributed by atoms with E-state index in [1.165, 1.54) is 0 Å². The molecule has 0 N–H and O–H groups in total. The minimum absolute atomic E-state index is 0.0357. The number of hydrogen-bond acceptors (Lipinski definition) is 2. The summed E-state index contributed by atoms with van der Waals surface area (Å²) < 4.78 is 2.02. The summed E-state index contributed by atoms with van der Waals surface area (Å²) in [4.78, 5) is 19.6. The van der Waals surface area contributed by atoms with Gasteiger partial charge in [-0.2, -0.15) is 0 Å². The van der Waals surface area contributed by atoms with Crippen molar-refractivity contribution < 1.29 is 4.79 Å². The van der Waals surface area contributed by atoms with Gasteiger partial charge in [0.15, 0.2) is 0 Å². The van der Waals surface area contributed by atoms with Crippen LogP contribution in [0.4, 0.5) is 0 Å². The van der Waals surface area contributed by atoms with Crippen LogP contribution in [-0.2, 0) is 7.05 Å². The maximum atomic E-state index is 13.4. The van der Waals surface area contributed by atoms with Crippen molar-refractivity contribution in [1.29, 1.82) is 0 Å². The molecule has 1 amide bonds. The molecule has 0 aliphatic heterocycles. The molecule has 2 heterocycles. The largest absolute Gasteiger partial charge is 0.339 e. The summed E-state index contributed by atoms with van der Waals surface area (Å²) in [5.74, 6) is 0.0613. The van der Waals surface area contributed by atoms with Crippen LogP contribution in [-0.4, -0.2) is 27.4 Å². The van der Waals surface area contributed by atoms with E-state index in [0.717, 1.165) is 47.0 Å². The van der Waals surface area contributed by atoms with Gasteiger partial charge in [-0.05, 0) is 36.6 Å². The second kappa shape index (κ2) is 7.73. The van der Waals surface area contributed by atoms with Crippen molar-refractivity contribution in [2.75, 3.05) is 7.05 Å².